The van der Waals surface area contributed by atoms with Gasteiger partial charge < -0.3 is 4.74 Å². The third kappa shape index (κ3) is 2.75. The zero-order valence-corrected chi connectivity index (χ0v) is 12.3. The van der Waals surface area contributed by atoms with E-state index < -0.39 is 15.7 Å². The SMILES string of the molecule is CS(=O)(=O)c1cccc(Oc2ncnc3c(F)cccc23)c1. The number of hydrogen-bond donors (Lipinski definition) is 0. The van der Waals surface area contributed by atoms with Crippen molar-refractivity contribution in [1.29, 1.82) is 0 Å². The topological polar surface area (TPSA) is 69.2 Å². The van der Waals surface area contributed by atoms with Crippen molar-refractivity contribution in [3.05, 3.63) is 54.6 Å². The molecule has 0 amide bonds. The van der Waals surface area contributed by atoms with Crippen LogP contribution in [0.4, 0.5) is 4.39 Å². The van der Waals surface area contributed by atoms with E-state index in [4.69, 9.17) is 4.74 Å². The Labute approximate surface area is 126 Å². The highest BCUT2D eigenvalue weighted by Crippen LogP contribution is 2.28. The van der Waals surface area contributed by atoms with Gasteiger partial charge in [0.2, 0.25) is 5.88 Å². The van der Waals surface area contributed by atoms with Crippen LogP contribution in [0.2, 0.25) is 0 Å². The number of halogens is 1. The Kier molecular flexibility index (Phi) is 3.50. The molecule has 0 bridgehead atoms. The van der Waals surface area contributed by atoms with Gasteiger partial charge in [-0.1, -0.05) is 12.1 Å². The van der Waals surface area contributed by atoms with Gasteiger partial charge >= 0.3 is 0 Å². The second kappa shape index (κ2) is 5.34. The highest BCUT2D eigenvalue weighted by molar-refractivity contribution is 7.90. The van der Waals surface area contributed by atoms with Crippen LogP contribution in [-0.2, 0) is 9.84 Å². The molecule has 2 aromatic carbocycles. The first kappa shape index (κ1) is 14.4. The number of fused-ring (bicyclic) bond motifs is 1. The van der Waals surface area contributed by atoms with Crippen LogP contribution in [0.15, 0.2) is 53.7 Å². The first-order valence-corrected chi connectivity index (χ1v) is 8.21. The van der Waals surface area contributed by atoms with Gasteiger partial charge in [-0.25, -0.2) is 22.8 Å². The first-order valence-electron chi connectivity index (χ1n) is 6.32. The monoisotopic (exact) mass is 318 g/mol. The first-order chi connectivity index (χ1) is 10.4. The molecule has 0 fully saturated rings. The minimum atomic E-state index is -3.34. The van der Waals surface area contributed by atoms with Crippen LogP contribution >= 0.6 is 0 Å². The normalized spacial score (nSPS) is 11.5. The van der Waals surface area contributed by atoms with Crippen LogP contribution in [-0.4, -0.2) is 24.6 Å². The molecule has 0 aliphatic heterocycles. The average molecular weight is 318 g/mol. The fourth-order valence-electron chi connectivity index (χ4n) is 1.99. The molecule has 0 atom stereocenters. The molecule has 1 heterocycles. The number of sulfone groups is 1. The second-order valence-corrected chi connectivity index (χ2v) is 6.68. The summed E-state index contributed by atoms with van der Waals surface area (Å²) in [4.78, 5) is 8.00. The van der Waals surface area contributed by atoms with Gasteiger partial charge in [0.1, 0.15) is 23.4 Å². The van der Waals surface area contributed by atoms with Crippen molar-refractivity contribution < 1.29 is 17.5 Å². The van der Waals surface area contributed by atoms with Crippen LogP contribution < -0.4 is 4.74 Å². The lowest BCUT2D eigenvalue weighted by Crippen LogP contribution is -1.98. The summed E-state index contributed by atoms with van der Waals surface area (Å²) in [5, 5.41) is 0.409. The van der Waals surface area contributed by atoms with E-state index in [2.05, 4.69) is 9.97 Å². The second-order valence-electron chi connectivity index (χ2n) is 4.66. The van der Waals surface area contributed by atoms with Crippen LogP contribution in [0.3, 0.4) is 0 Å². The van der Waals surface area contributed by atoms with Gasteiger partial charge in [-0.15, -0.1) is 0 Å². The zero-order chi connectivity index (χ0) is 15.7. The largest absolute Gasteiger partial charge is 0.438 e. The molecule has 112 valence electrons. The van der Waals surface area contributed by atoms with E-state index in [9.17, 15) is 12.8 Å². The highest BCUT2D eigenvalue weighted by atomic mass is 32.2. The summed E-state index contributed by atoms with van der Waals surface area (Å²) in [6.07, 6.45) is 2.31. The third-order valence-electron chi connectivity index (χ3n) is 3.03. The van der Waals surface area contributed by atoms with Gasteiger partial charge in [0.05, 0.1) is 10.3 Å². The molecule has 0 aliphatic carbocycles. The van der Waals surface area contributed by atoms with Gasteiger partial charge in [-0.05, 0) is 30.3 Å². The smallest absolute Gasteiger partial charge is 0.230 e. The fourth-order valence-corrected chi connectivity index (χ4v) is 2.65. The summed E-state index contributed by atoms with van der Waals surface area (Å²) in [6.45, 7) is 0. The molecule has 3 aromatic rings. The number of ether oxygens (including phenoxy) is 1. The Morgan fingerprint density at radius 3 is 2.64 bits per heavy atom. The fraction of sp³-hybridized carbons (Fsp3) is 0.0667. The quantitative estimate of drug-likeness (QED) is 0.742. The van der Waals surface area contributed by atoms with E-state index in [0.717, 1.165) is 6.26 Å². The molecule has 0 N–H and O–H groups in total. The number of benzene rings is 2. The van der Waals surface area contributed by atoms with Crippen LogP contribution in [0.1, 0.15) is 0 Å². The lowest BCUT2D eigenvalue weighted by molar-refractivity contribution is 0.466. The molecule has 0 saturated heterocycles. The number of para-hydroxylation sites is 1. The molecular formula is C15H11FN2O3S. The molecule has 3 rings (SSSR count). The number of hydrogen-bond acceptors (Lipinski definition) is 5. The Balaban J connectivity index is 2.06. The van der Waals surface area contributed by atoms with Crippen molar-refractivity contribution in [2.45, 2.75) is 4.90 Å². The highest BCUT2D eigenvalue weighted by Gasteiger charge is 2.12. The summed E-state index contributed by atoms with van der Waals surface area (Å²) >= 11 is 0. The third-order valence-corrected chi connectivity index (χ3v) is 4.14. The van der Waals surface area contributed by atoms with Gasteiger partial charge in [0.25, 0.3) is 0 Å². The predicted molar refractivity (Wildman–Crippen MR) is 79.1 cm³/mol. The van der Waals surface area contributed by atoms with Crippen LogP contribution in [0, 0.1) is 5.82 Å². The Hall–Kier alpha value is -2.54. The van der Waals surface area contributed by atoms with E-state index >= 15 is 0 Å². The number of rotatable bonds is 3. The molecule has 1 aromatic heterocycles. The predicted octanol–water partition coefficient (Wildman–Crippen LogP) is 2.96. The van der Waals surface area contributed by atoms with E-state index in [0.29, 0.717) is 11.1 Å². The van der Waals surface area contributed by atoms with Crippen molar-refractivity contribution in [2.24, 2.45) is 0 Å². The van der Waals surface area contributed by atoms with Gasteiger partial charge in [0.15, 0.2) is 9.84 Å². The summed E-state index contributed by atoms with van der Waals surface area (Å²) in [5.41, 5.74) is 0.145. The lowest BCUT2D eigenvalue weighted by Gasteiger charge is -2.08. The summed E-state index contributed by atoms with van der Waals surface area (Å²) in [5.74, 6) is -0.0167. The van der Waals surface area contributed by atoms with Crippen molar-refractivity contribution >= 4 is 20.7 Å². The Bertz CT molecular complexity index is 958. The van der Waals surface area contributed by atoms with E-state index in [-0.39, 0.29) is 16.3 Å². The minimum absolute atomic E-state index is 0.134. The van der Waals surface area contributed by atoms with E-state index in [1.807, 2.05) is 0 Å². The molecule has 22 heavy (non-hydrogen) atoms. The molecule has 0 aliphatic rings. The summed E-state index contributed by atoms with van der Waals surface area (Å²) < 4.78 is 42.4. The van der Waals surface area contributed by atoms with E-state index in [1.165, 1.54) is 30.6 Å². The molecule has 7 heteroatoms. The maximum absolute atomic E-state index is 13.7. The van der Waals surface area contributed by atoms with Gasteiger partial charge in [0, 0.05) is 6.26 Å². The zero-order valence-electron chi connectivity index (χ0n) is 11.5. The van der Waals surface area contributed by atoms with Gasteiger partial charge in [-0.3, -0.25) is 0 Å². The van der Waals surface area contributed by atoms with Crippen molar-refractivity contribution in [1.82, 2.24) is 9.97 Å². The van der Waals surface area contributed by atoms with E-state index in [1.54, 1.807) is 18.2 Å². The maximum atomic E-state index is 13.7. The van der Waals surface area contributed by atoms with Crippen molar-refractivity contribution in [3.8, 4) is 11.6 Å². The average Bonchev–Trinajstić information content (AvgIpc) is 2.48. The summed E-state index contributed by atoms with van der Waals surface area (Å²) in [6, 6.07) is 10.5. The van der Waals surface area contributed by atoms with Crippen molar-refractivity contribution in [3.63, 3.8) is 0 Å². The molecule has 0 spiro atoms. The molecular weight excluding hydrogens is 307 g/mol. The minimum Gasteiger partial charge on any atom is -0.438 e. The molecule has 0 unspecified atom stereocenters. The maximum Gasteiger partial charge on any atom is 0.230 e. The number of aromatic nitrogens is 2. The van der Waals surface area contributed by atoms with Crippen molar-refractivity contribution in [2.75, 3.05) is 6.26 Å². The number of nitrogens with zero attached hydrogens (tertiary/aromatic N) is 2. The molecule has 5 nitrogen and oxygen atoms in total. The summed E-state index contributed by atoms with van der Waals surface area (Å²) in [7, 11) is -3.34. The molecule has 0 saturated carbocycles. The lowest BCUT2D eigenvalue weighted by atomic mass is 10.2. The van der Waals surface area contributed by atoms with Crippen LogP contribution in [0.5, 0.6) is 11.6 Å². The Morgan fingerprint density at radius 2 is 1.86 bits per heavy atom. The van der Waals surface area contributed by atoms with Crippen LogP contribution in [0.25, 0.3) is 10.9 Å². The molecule has 0 radical (unpaired) electrons. The Morgan fingerprint density at radius 1 is 1.09 bits per heavy atom. The standard InChI is InChI=1S/C15H11FN2O3S/c1-22(19,20)11-5-2-4-10(8-11)21-15-12-6-3-7-13(16)14(12)17-9-18-15/h2-9H,1H3. The van der Waals surface area contributed by atoms with Gasteiger partial charge in [-0.2, -0.15) is 0 Å².